The van der Waals surface area contributed by atoms with Crippen LogP contribution in [0.1, 0.15) is 47.6 Å². The number of carbonyl (C=O) groups excluding carboxylic acids is 1. The highest BCUT2D eigenvalue weighted by atomic mass is 19.4. The molecule has 164 valence electrons. The van der Waals surface area contributed by atoms with Gasteiger partial charge in [0.2, 0.25) is 0 Å². The van der Waals surface area contributed by atoms with E-state index in [1.807, 2.05) is 4.90 Å². The SMILES string of the molecule is CCOC(=O)c1cnc2ccc(F)cc2c1N1CCC(c2ncc(C(F)(F)F)[nH]2)CC1. The third-order valence-corrected chi connectivity index (χ3v) is 5.40. The van der Waals surface area contributed by atoms with Gasteiger partial charge in [-0.3, -0.25) is 4.98 Å². The normalized spacial score (nSPS) is 15.5. The fourth-order valence-electron chi connectivity index (χ4n) is 3.91. The van der Waals surface area contributed by atoms with Crippen LogP contribution >= 0.6 is 0 Å². The number of nitrogens with zero attached hydrogens (tertiary/aromatic N) is 3. The van der Waals surface area contributed by atoms with Gasteiger partial charge in [-0.25, -0.2) is 14.2 Å². The summed E-state index contributed by atoms with van der Waals surface area (Å²) in [7, 11) is 0. The zero-order chi connectivity index (χ0) is 22.2. The van der Waals surface area contributed by atoms with Crippen molar-refractivity contribution in [2.75, 3.05) is 24.6 Å². The highest BCUT2D eigenvalue weighted by Crippen LogP contribution is 2.36. The summed E-state index contributed by atoms with van der Waals surface area (Å²) in [4.78, 5) is 25.0. The molecule has 0 bridgehead atoms. The molecule has 0 amide bonds. The number of hydrogen-bond donors (Lipinski definition) is 1. The summed E-state index contributed by atoms with van der Waals surface area (Å²) in [6.07, 6.45) is -1.21. The summed E-state index contributed by atoms with van der Waals surface area (Å²) < 4.78 is 57.7. The van der Waals surface area contributed by atoms with Crippen LogP contribution in [-0.2, 0) is 10.9 Å². The maximum atomic E-state index is 14.0. The fraction of sp³-hybridized carbons (Fsp3) is 0.381. The molecule has 0 saturated carbocycles. The van der Waals surface area contributed by atoms with Crippen LogP contribution < -0.4 is 4.90 Å². The summed E-state index contributed by atoms with van der Waals surface area (Å²) in [6.45, 7) is 2.78. The molecular formula is C21H20F4N4O2. The monoisotopic (exact) mass is 436 g/mol. The number of pyridine rings is 1. The molecule has 0 atom stereocenters. The zero-order valence-corrected chi connectivity index (χ0v) is 16.7. The second-order valence-corrected chi connectivity index (χ2v) is 7.34. The average molecular weight is 436 g/mol. The van der Waals surface area contributed by atoms with Crippen molar-refractivity contribution in [3.05, 3.63) is 53.5 Å². The van der Waals surface area contributed by atoms with Crippen molar-refractivity contribution in [3.63, 3.8) is 0 Å². The lowest BCUT2D eigenvalue weighted by Crippen LogP contribution is -2.34. The Labute approximate surface area is 175 Å². The van der Waals surface area contributed by atoms with Crippen molar-refractivity contribution in [1.82, 2.24) is 15.0 Å². The van der Waals surface area contributed by atoms with Crippen LogP contribution in [0.3, 0.4) is 0 Å². The molecule has 10 heteroatoms. The van der Waals surface area contributed by atoms with Crippen molar-refractivity contribution in [1.29, 1.82) is 0 Å². The first-order valence-corrected chi connectivity index (χ1v) is 9.90. The van der Waals surface area contributed by atoms with Gasteiger partial charge < -0.3 is 14.6 Å². The van der Waals surface area contributed by atoms with Gasteiger partial charge in [-0.15, -0.1) is 0 Å². The van der Waals surface area contributed by atoms with E-state index < -0.39 is 23.7 Å². The first-order valence-electron chi connectivity index (χ1n) is 9.90. The Kier molecular flexibility index (Phi) is 5.55. The smallest absolute Gasteiger partial charge is 0.432 e. The molecule has 1 N–H and O–H groups in total. The number of aromatic nitrogens is 3. The van der Waals surface area contributed by atoms with Crippen LogP contribution in [0.5, 0.6) is 0 Å². The number of esters is 1. The molecule has 3 heterocycles. The number of anilines is 1. The molecule has 1 saturated heterocycles. The minimum atomic E-state index is -4.47. The molecule has 1 aromatic carbocycles. The van der Waals surface area contributed by atoms with Crippen molar-refractivity contribution in [2.45, 2.75) is 31.9 Å². The van der Waals surface area contributed by atoms with E-state index in [2.05, 4.69) is 15.0 Å². The van der Waals surface area contributed by atoms with E-state index in [9.17, 15) is 22.4 Å². The molecule has 2 aromatic heterocycles. The van der Waals surface area contributed by atoms with Gasteiger partial charge in [-0.2, -0.15) is 13.2 Å². The number of alkyl halides is 3. The molecule has 1 aliphatic rings. The maximum absolute atomic E-state index is 14.0. The quantitative estimate of drug-likeness (QED) is 0.475. The topological polar surface area (TPSA) is 71.1 Å². The Morgan fingerprint density at radius 1 is 1.23 bits per heavy atom. The largest absolute Gasteiger partial charge is 0.462 e. The first kappa shape index (κ1) is 21.1. The fourth-order valence-corrected chi connectivity index (χ4v) is 3.91. The lowest BCUT2D eigenvalue weighted by molar-refractivity contribution is -0.141. The van der Waals surface area contributed by atoms with Gasteiger partial charge in [-0.05, 0) is 38.0 Å². The van der Waals surface area contributed by atoms with Crippen LogP contribution in [-0.4, -0.2) is 40.6 Å². The Hall–Kier alpha value is -3.17. The van der Waals surface area contributed by atoms with Gasteiger partial charge in [0.25, 0.3) is 0 Å². The number of imidazole rings is 1. The van der Waals surface area contributed by atoms with E-state index >= 15 is 0 Å². The average Bonchev–Trinajstić information content (AvgIpc) is 3.24. The molecule has 1 fully saturated rings. The lowest BCUT2D eigenvalue weighted by Gasteiger charge is -2.34. The summed E-state index contributed by atoms with van der Waals surface area (Å²) in [6, 6.07) is 4.16. The van der Waals surface area contributed by atoms with Crippen molar-refractivity contribution in [3.8, 4) is 0 Å². The van der Waals surface area contributed by atoms with Gasteiger partial charge in [0.1, 0.15) is 22.9 Å². The number of benzene rings is 1. The Balaban J connectivity index is 1.63. The Morgan fingerprint density at radius 3 is 2.61 bits per heavy atom. The van der Waals surface area contributed by atoms with Crippen molar-refractivity contribution < 1.29 is 27.1 Å². The highest BCUT2D eigenvalue weighted by molar-refractivity contribution is 6.05. The number of ether oxygens (including phenoxy) is 1. The summed E-state index contributed by atoms with van der Waals surface area (Å²) in [5.41, 5.74) is 0.421. The van der Waals surface area contributed by atoms with E-state index in [-0.39, 0.29) is 18.1 Å². The molecule has 4 rings (SSSR count). The molecule has 1 aliphatic heterocycles. The second-order valence-electron chi connectivity index (χ2n) is 7.34. The summed E-state index contributed by atoms with van der Waals surface area (Å²) in [5, 5.41) is 0.487. The van der Waals surface area contributed by atoms with Crippen molar-refractivity contribution >= 4 is 22.6 Å². The number of nitrogens with one attached hydrogen (secondary N) is 1. The first-order chi connectivity index (χ1) is 14.8. The number of piperidine rings is 1. The van der Waals surface area contributed by atoms with E-state index in [0.29, 0.717) is 48.3 Å². The van der Waals surface area contributed by atoms with Gasteiger partial charge in [0.05, 0.1) is 24.0 Å². The Morgan fingerprint density at radius 2 is 1.97 bits per heavy atom. The third-order valence-electron chi connectivity index (χ3n) is 5.40. The molecule has 0 radical (unpaired) electrons. The maximum Gasteiger partial charge on any atom is 0.432 e. The standard InChI is InChI=1S/C21H20F4N4O2/c1-2-31-20(30)15-10-26-16-4-3-13(22)9-14(16)18(15)29-7-5-12(6-8-29)19-27-11-17(28-19)21(23,24)25/h3-4,9-12H,2,5-8H2,1H3,(H,27,28). The molecular weight excluding hydrogens is 416 g/mol. The number of aromatic amines is 1. The van der Waals surface area contributed by atoms with Gasteiger partial charge >= 0.3 is 12.1 Å². The number of fused-ring (bicyclic) bond motifs is 1. The lowest BCUT2D eigenvalue weighted by atomic mass is 9.94. The van der Waals surface area contributed by atoms with Crippen LogP contribution in [0.2, 0.25) is 0 Å². The van der Waals surface area contributed by atoms with Crippen LogP contribution in [0.4, 0.5) is 23.2 Å². The number of hydrogen-bond acceptors (Lipinski definition) is 5. The third kappa shape index (κ3) is 4.19. The van der Waals surface area contributed by atoms with Gasteiger partial charge in [0.15, 0.2) is 0 Å². The molecule has 0 unspecified atom stereocenters. The second kappa shape index (κ2) is 8.16. The predicted octanol–water partition coefficient (Wildman–Crippen LogP) is 4.68. The molecule has 0 spiro atoms. The molecule has 6 nitrogen and oxygen atoms in total. The van der Waals surface area contributed by atoms with Crippen LogP contribution in [0.25, 0.3) is 10.9 Å². The molecule has 3 aromatic rings. The number of rotatable bonds is 4. The van der Waals surface area contributed by atoms with E-state index in [4.69, 9.17) is 4.74 Å². The van der Waals surface area contributed by atoms with E-state index in [1.165, 1.54) is 24.4 Å². The number of H-pyrrole nitrogens is 1. The minimum absolute atomic E-state index is 0.178. The summed E-state index contributed by atoms with van der Waals surface area (Å²) in [5.74, 6) is -0.896. The van der Waals surface area contributed by atoms with Crippen LogP contribution in [0.15, 0.2) is 30.6 Å². The zero-order valence-electron chi connectivity index (χ0n) is 16.7. The molecule has 0 aliphatic carbocycles. The van der Waals surface area contributed by atoms with E-state index in [0.717, 1.165) is 6.20 Å². The highest BCUT2D eigenvalue weighted by Gasteiger charge is 2.34. The summed E-state index contributed by atoms with van der Waals surface area (Å²) >= 11 is 0. The van der Waals surface area contributed by atoms with Crippen LogP contribution in [0, 0.1) is 5.82 Å². The van der Waals surface area contributed by atoms with E-state index in [1.54, 1.807) is 6.92 Å². The van der Waals surface area contributed by atoms with Gasteiger partial charge in [-0.1, -0.05) is 0 Å². The molecule has 31 heavy (non-hydrogen) atoms. The predicted molar refractivity (Wildman–Crippen MR) is 105 cm³/mol. The number of carbonyl (C=O) groups is 1. The van der Waals surface area contributed by atoms with Gasteiger partial charge in [0, 0.05) is 30.6 Å². The van der Waals surface area contributed by atoms with Crippen molar-refractivity contribution in [2.24, 2.45) is 0 Å². The number of halogens is 4. The minimum Gasteiger partial charge on any atom is -0.462 e. The Bertz CT molecular complexity index is 1100.